The maximum absolute atomic E-state index is 11.6. The molecule has 1 amide bonds. The molecule has 0 saturated carbocycles. The molecule has 4 nitrogen and oxygen atoms in total. The minimum atomic E-state index is -0.147. The molecule has 0 radical (unpaired) electrons. The van der Waals surface area contributed by atoms with E-state index in [1.165, 1.54) is 6.08 Å². The summed E-state index contributed by atoms with van der Waals surface area (Å²) in [7, 11) is 1.56. The zero-order valence-corrected chi connectivity index (χ0v) is 13.7. The molecule has 0 heterocycles. The number of nitrogens with one attached hydrogen (secondary N) is 1. The highest BCUT2D eigenvalue weighted by atomic mass is 35.5. The van der Waals surface area contributed by atoms with Crippen LogP contribution in [0.5, 0.6) is 11.5 Å². The lowest BCUT2D eigenvalue weighted by Gasteiger charge is -2.12. The molecule has 0 saturated heterocycles. The van der Waals surface area contributed by atoms with Crippen molar-refractivity contribution in [2.24, 2.45) is 0 Å². The zero-order valence-electron chi connectivity index (χ0n) is 12.9. The SMILES string of the molecule is CCCOc1c(Cl)cc(/C=C/C(=O)NC(C)C)cc1OC. The number of carbonyl (C=O) groups excluding carboxylic acids is 1. The van der Waals surface area contributed by atoms with Crippen LogP contribution in [-0.4, -0.2) is 25.7 Å². The smallest absolute Gasteiger partial charge is 0.244 e. The van der Waals surface area contributed by atoms with Crippen molar-refractivity contribution in [3.63, 3.8) is 0 Å². The van der Waals surface area contributed by atoms with Crippen LogP contribution >= 0.6 is 11.6 Å². The number of carbonyl (C=O) groups is 1. The third kappa shape index (κ3) is 5.68. The summed E-state index contributed by atoms with van der Waals surface area (Å²) in [6, 6.07) is 3.63. The fourth-order valence-corrected chi connectivity index (χ4v) is 1.96. The molecule has 116 valence electrons. The summed E-state index contributed by atoms with van der Waals surface area (Å²) in [5.74, 6) is 0.941. The molecule has 1 aromatic rings. The molecule has 1 N–H and O–H groups in total. The Kier molecular flexibility index (Phi) is 7.09. The van der Waals surface area contributed by atoms with Crippen molar-refractivity contribution < 1.29 is 14.3 Å². The van der Waals surface area contributed by atoms with Gasteiger partial charge in [-0.25, -0.2) is 0 Å². The number of hydrogen-bond donors (Lipinski definition) is 1. The summed E-state index contributed by atoms with van der Waals surface area (Å²) in [4.78, 5) is 11.6. The monoisotopic (exact) mass is 311 g/mol. The molecule has 0 aliphatic rings. The van der Waals surface area contributed by atoms with Gasteiger partial charge in [0.05, 0.1) is 18.7 Å². The number of hydrogen-bond acceptors (Lipinski definition) is 3. The molecule has 1 rings (SSSR count). The summed E-state index contributed by atoms with van der Waals surface area (Å²) in [5.41, 5.74) is 0.777. The summed E-state index contributed by atoms with van der Waals surface area (Å²) in [6.45, 7) is 6.41. The van der Waals surface area contributed by atoms with Crippen LogP contribution in [0.3, 0.4) is 0 Å². The molecular formula is C16H22ClNO3. The van der Waals surface area contributed by atoms with E-state index in [-0.39, 0.29) is 11.9 Å². The van der Waals surface area contributed by atoms with E-state index < -0.39 is 0 Å². The van der Waals surface area contributed by atoms with Gasteiger partial charge in [0, 0.05) is 12.1 Å². The van der Waals surface area contributed by atoms with Gasteiger partial charge in [0.15, 0.2) is 11.5 Å². The van der Waals surface area contributed by atoms with Crippen molar-refractivity contribution in [2.75, 3.05) is 13.7 Å². The Balaban J connectivity index is 2.92. The first-order chi connectivity index (χ1) is 9.97. The Morgan fingerprint density at radius 3 is 2.71 bits per heavy atom. The largest absolute Gasteiger partial charge is 0.493 e. The second-order valence-corrected chi connectivity index (χ2v) is 5.29. The molecule has 0 aromatic heterocycles. The van der Waals surface area contributed by atoms with Crippen LogP contribution in [0.15, 0.2) is 18.2 Å². The quantitative estimate of drug-likeness (QED) is 0.781. The number of rotatable bonds is 7. The first-order valence-electron chi connectivity index (χ1n) is 6.96. The van der Waals surface area contributed by atoms with Crippen LogP contribution in [-0.2, 0) is 4.79 Å². The molecule has 0 aliphatic heterocycles. The average molecular weight is 312 g/mol. The van der Waals surface area contributed by atoms with Crippen LogP contribution < -0.4 is 14.8 Å². The lowest BCUT2D eigenvalue weighted by molar-refractivity contribution is -0.116. The van der Waals surface area contributed by atoms with E-state index >= 15 is 0 Å². The van der Waals surface area contributed by atoms with E-state index in [1.807, 2.05) is 20.8 Å². The third-order valence-electron chi connectivity index (χ3n) is 2.56. The Hall–Kier alpha value is -1.68. The van der Waals surface area contributed by atoms with Crippen molar-refractivity contribution in [1.29, 1.82) is 0 Å². The second-order valence-electron chi connectivity index (χ2n) is 4.88. The van der Waals surface area contributed by atoms with Gasteiger partial charge >= 0.3 is 0 Å². The van der Waals surface area contributed by atoms with Gasteiger partial charge < -0.3 is 14.8 Å². The average Bonchev–Trinajstić information content (AvgIpc) is 2.42. The fraction of sp³-hybridized carbons (Fsp3) is 0.438. The Bertz CT molecular complexity index is 512. The standard InChI is InChI=1S/C16H22ClNO3/c1-5-8-21-16-13(17)9-12(10-14(16)20-4)6-7-15(19)18-11(2)3/h6-7,9-11H,5,8H2,1-4H3,(H,18,19)/b7-6+. The van der Waals surface area contributed by atoms with Gasteiger partial charge in [-0.3, -0.25) is 4.79 Å². The van der Waals surface area contributed by atoms with Crippen molar-refractivity contribution in [3.05, 3.63) is 28.8 Å². The molecule has 5 heteroatoms. The Morgan fingerprint density at radius 2 is 2.14 bits per heavy atom. The highest BCUT2D eigenvalue weighted by Crippen LogP contribution is 2.36. The molecular weight excluding hydrogens is 290 g/mol. The minimum absolute atomic E-state index is 0.102. The first-order valence-corrected chi connectivity index (χ1v) is 7.34. The number of methoxy groups -OCH3 is 1. The van der Waals surface area contributed by atoms with Gasteiger partial charge in [-0.2, -0.15) is 0 Å². The van der Waals surface area contributed by atoms with Gasteiger partial charge in [0.25, 0.3) is 0 Å². The lowest BCUT2D eigenvalue weighted by Crippen LogP contribution is -2.28. The highest BCUT2D eigenvalue weighted by Gasteiger charge is 2.11. The van der Waals surface area contributed by atoms with Crippen molar-refractivity contribution in [2.45, 2.75) is 33.2 Å². The molecule has 1 aromatic carbocycles. The molecule has 0 atom stereocenters. The van der Waals surface area contributed by atoms with Gasteiger partial charge in [0.2, 0.25) is 5.91 Å². The van der Waals surface area contributed by atoms with E-state index in [9.17, 15) is 4.79 Å². The summed E-state index contributed by atoms with van der Waals surface area (Å²) < 4.78 is 10.9. The zero-order chi connectivity index (χ0) is 15.8. The number of ether oxygens (including phenoxy) is 2. The van der Waals surface area contributed by atoms with Crippen molar-refractivity contribution in [3.8, 4) is 11.5 Å². The van der Waals surface area contributed by atoms with E-state index in [0.717, 1.165) is 12.0 Å². The van der Waals surface area contributed by atoms with Gasteiger partial charge in [-0.15, -0.1) is 0 Å². The lowest BCUT2D eigenvalue weighted by atomic mass is 10.2. The topological polar surface area (TPSA) is 47.6 Å². The number of amides is 1. The summed E-state index contributed by atoms with van der Waals surface area (Å²) >= 11 is 6.21. The predicted octanol–water partition coefficient (Wildman–Crippen LogP) is 3.68. The van der Waals surface area contributed by atoms with Gasteiger partial charge in [-0.1, -0.05) is 18.5 Å². The number of benzene rings is 1. The molecule has 0 fully saturated rings. The van der Waals surface area contributed by atoms with Crippen LogP contribution in [0.2, 0.25) is 5.02 Å². The highest BCUT2D eigenvalue weighted by molar-refractivity contribution is 6.32. The fourth-order valence-electron chi connectivity index (χ4n) is 1.68. The van der Waals surface area contributed by atoms with Gasteiger partial charge in [0.1, 0.15) is 0 Å². The maximum atomic E-state index is 11.6. The second kappa shape index (κ2) is 8.57. The van der Waals surface area contributed by atoms with Crippen LogP contribution in [0, 0.1) is 0 Å². The summed E-state index contributed by atoms with van der Waals surface area (Å²) in [6.07, 6.45) is 4.05. The Morgan fingerprint density at radius 1 is 1.43 bits per heavy atom. The van der Waals surface area contributed by atoms with Crippen molar-refractivity contribution >= 4 is 23.6 Å². The molecule has 0 unspecified atom stereocenters. The third-order valence-corrected chi connectivity index (χ3v) is 2.84. The van der Waals surface area contributed by atoms with Gasteiger partial charge in [-0.05, 0) is 44.0 Å². The van der Waals surface area contributed by atoms with Crippen LogP contribution in [0.4, 0.5) is 0 Å². The summed E-state index contributed by atoms with van der Waals surface area (Å²) in [5, 5.41) is 3.25. The minimum Gasteiger partial charge on any atom is -0.493 e. The first kappa shape index (κ1) is 17.4. The van der Waals surface area contributed by atoms with Crippen LogP contribution in [0.25, 0.3) is 6.08 Å². The van der Waals surface area contributed by atoms with E-state index in [0.29, 0.717) is 23.1 Å². The van der Waals surface area contributed by atoms with E-state index in [2.05, 4.69) is 5.32 Å². The van der Waals surface area contributed by atoms with Crippen LogP contribution in [0.1, 0.15) is 32.8 Å². The number of halogens is 1. The van der Waals surface area contributed by atoms with Crippen molar-refractivity contribution in [1.82, 2.24) is 5.32 Å². The molecule has 21 heavy (non-hydrogen) atoms. The molecule has 0 bridgehead atoms. The van der Waals surface area contributed by atoms with E-state index in [1.54, 1.807) is 25.3 Å². The molecule has 0 aliphatic carbocycles. The maximum Gasteiger partial charge on any atom is 0.244 e. The predicted molar refractivity (Wildman–Crippen MR) is 86.1 cm³/mol. The van der Waals surface area contributed by atoms with E-state index in [4.69, 9.17) is 21.1 Å². The Labute approximate surface area is 131 Å². The normalized spacial score (nSPS) is 11.0. The molecule has 0 spiro atoms.